The maximum absolute atomic E-state index is 13.4. The number of hydrogen-bond donors (Lipinski definition) is 1. The van der Waals surface area contributed by atoms with E-state index in [-0.39, 0.29) is 18.3 Å². The van der Waals surface area contributed by atoms with Gasteiger partial charge in [-0.2, -0.15) is 0 Å². The highest BCUT2D eigenvalue weighted by Crippen LogP contribution is 2.09. The number of amides is 1. The summed E-state index contributed by atoms with van der Waals surface area (Å²) in [6.45, 7) is 3.62. The number of aromatic nitrogens is 2. The SMILES string of the molecule is Cc1ncnc(C)c1C(=O)NCc1ccccc1F. The minimum Gasteiger partial charge on any atom is -0.348 e. The van der Waals surface area contributed by atoms with Crippen LogP contribution in [0.1, 0.15) is 27.3 Å². The summed E-state index contributed by atoms with van der Waals surface area (Å²) in [4.78, 5) is 20.0. The minimum atomic E-state index is -0.333. The lowest BCUT2D eigenvalue weighted by atomic mass is 10.1. The molecule has 0 bridgehead atoms. The van der Waals surface area contributed by atoms with E-state index in [9.17, 15) is 9.18 Å². The highest BCUT2D eigenvalue weighted by molar-refractivity contribution is 5.96. The van der Waals surface area contributed by atoms with Gasteiger partial charge in [-0.25, -0.2) is 14.4 Å². The maximum Gasteiger partial charge on any atom is 0.255 e. The number of aryl methyl sites for hydroxylation is 2. The van der Waals surface area contributed by atoms with E-state index in [1.54, 1.807) is 32.0 Å². The predicted octanol–water partition coefficient (Wildman–Crippen LogP) is 2.16. The molecule has 0 aliphatic heterocycles. The molecule has 0 atom stereocenters. The van der Waals surface area contributed by atoms with Gasteiger partial charge < -0.3 is 5.32 Å². The molecule has 1 amide bonds. The Hall–Kier alpha value is -2.30. The Kier molecular flexibility index (Phi) is 3.85. The summed E-state index contributed by atoms with van der Waals surface area (Å²) in [5.41, 5.74) is 2.11. The molecule has 0 unspecified atom stereocenters. The van der Waals surface area contributed by atoms with E-state index < -0.39 is 0 Å². The zero-order valence-electron chi connectivity index (χ0n) is 10.8. The number of hydrogen-bond acceptors (Lipinski definition) is 3. The molecule has 4 nitrogen and oxygen atoms in total. The van der Waals surface area contributed by atoms with Gasteiger partial charge in [0.15, 0.2) is 0 Å². The molecule has 0 aliphatic rings. The Morgan fingerprint density at radius 2 is 1.84 bits per heavy atom. The van der Waals surface area contributed by atoms with Crippen molar-refractivity contribution in [2.45, 2.75) is 20.4 Å². The van der Waals surface area contributed by atoms with E-state index in [4.69, 9.17) is 0 Å². The van der Waals surface area contributed by atoms with Crippen molar-refractivity contribution < 1.29 is 9.18 Å². The fourth-order valence-corrected chi connectivity index (χ4v) is 1.83. The molecule has 0 fully saturated rings. The number of carbonyl (C=O) groups excluding carboxylic acids is 1. The summed E-state index contributed by atoms with van der Waals surface area (Å²) in [6.07, 6.45) is 1.41. The summed E-state index contributed by atoms with van der Waals surface area (Å²) in [6, 6.07) is 6.34. The van der Waals surface area contributed by atoms with Crippen LogP contribution >= 0.6 is 0 Å². The average Bonchev–Trinajstić information content (AvgIpc) is 2.37. The van der Waals surface area contributed by atoms with Crippen LogP contribution in [-0.4, -0.2) is 15.9 Å². The van der Waals surface area contributed by atoms with E-state index in [0.717, 1.165) is 0 Å². The fourth-order valence-electron chi connectivity index (χ4n) is 1.83. The van der Waals surface area contributed by atoms with Crippen LogP contribution < -0.4 is 5.32 Å². The fraction of sp³-hybridized carbons (Fsp3) is 0.214. The van der Waals surface area contributed by atoms with E-state index in [0.29, 0.717) is 22.5 Å². The molecule has 0 saturated heterocycles. The molecule has 1 aromatic carbocycles. The molecular weight excluding hydrogens is 245 g/mol. The highest BCUT2D eigenvalue weighted by Gasteiger charge is 2.14. The van der Waals surface area contributed by atoms with Gasteiger partial charge in [-0.1, -0.05) is 18.2 Å². The first kappa shape index (κ1) is 13.1. The van der Waals surface area contributed by atoms with Crippen molar-refractivity contribution in [2.75, 3.05) is 0 Å². The molecule has 0 spiro atoms. The quantitative estimate of drug-likeness (QED) is 0.919. The molecular formula is C14H14FN3O. The van der Waals surface area contributed by atoms with Gasteiger partial charge in [-0.3, -0.25) is 4.79 Å². The zero-order chi connectivity index (χ0) is 13.8. The predicted molar refractivity (Wildman–Crippen MR) is 69.1 cm³/mol. The van der Waals surface area contributed by atoms with Crippen molar-refractivity contribution in [3.63, 3.8) is 0 Å². The molecule has 1 aromatic heterocycles. The van der Waals surface area contributed by atoms with Crippen molar-refractivity contribution in [1.82, 2.24) is 15.3 Å². The van der Waals surface area contributed by atoms with Gasteiger partial charge in [-0.05, 0) is 19.9 Å². The Morgan fingerprint density at radius 1 is 1.21 bits per heavy atom. The minimum absolute atomic E-state index is 0.138. The maximum atomic E-state index is 13.4. The number of nitrogens with one attached hydrogen (secondary N) is 1. The third-order valence-electron chi connectivity index (χ3n) is 2.85. The Morgan fingerprint density at radius 3 is 2.47 bits per heavy atom. The van der Waals surface area contributed by atoms with Gasteiger partial charge in [0.25, 0.3) is 5.91 Å². The Labute approximate surface area is 110 Å². The van der Waals surface area contributed by atoms with E-state index in [1.807, 2.05) is 0 Å². The van der Waals surface area contributed by atoms with Crippen molar-refractivity contribution in [1.29, 1.82) is 0 Å². The highest BCUT2D eigenvalue weighted by atomic mass is 19.1. The first-order valence-corrected chi connectivity index (χ1v) is 5.89. The van der Waals surface area contributed by atoms with Gasteiger partial charge in [0.1, 0.15) is 12.1 Å². The number of nitrogens with zero attached hydrogens (tertiary/aromatic N) is 2. The molecule has 0 radical (unpaired) electrons. The van der Waals surface area contributed by atoms with Gasteiger partial charge in [0.05, 0.1) is 17.0 Å². The standard InChI is InChI=1S/C14H14FN3O/c1-9-13(10(2)18-8-17-9)14(19)16-7-11-5-3-4-6-12(11)15/h3-6,8H,7H2,1-2H3,(H,16,19). The van der Waals surface area contributed by atoms with Crippen molar-refractivity contribution in [3.05, 3.63) is 58.9 Å². The molecule has 5 heteroatoms. The van der Waals surface area contributed by atoms with Crippen LogP contribution in [0.25, 0.3) is 0 Å². The van der Waals surface area contributed by atoms with Gasteiger partial charge >= 0.3 is 0 Å². The molecule has 2 rings (SSSR count). The molecule has 19 heavy (non-hydrogen) atoms. The molecule has 1 N–H and O–H groups in total. The third-order valence-corrected chi connectivity index (χ3v) is 2.85. The summed E-state index contributed by atoms with van der Waals surface area (Å²) >= 11 is 0. The lowest BCUT2D eigenvalue weighted by Crippen LogP contribution is -2.25. The van der Waals surface area contributed by atoms with E-state index >= 15 is 0 Å². The number of carbonyl (C=O) groups is 1. The summed E-state index contributed by atoms with van der Waals surface area (Å²) < 4.78 is 13.4. The van der Waals surface area contributed by atoms with Crippen molar-refractivity contribution in [3.8, 4) is 0 Å². The van der Waals surface area contributed by atoms with Crippen LogP contribution in [0, 0.1) is 19.7 Å². The van der Waals surface area contributed by atoms with Crippen molar-refractivity contribution >= 4 is 5.91 Å². The largest absolute Gasteiger partial charge is 0.348 e. The van der Waals surface area contributed by atoms with Crippen LogP contribution in [-0.2, 0) is 6.54 Å². The lowest BCUT2D eigenvalue weighted by molar-refractivity contribution is 0.0948. The van der Waals surface area contributed by atoms with Crippen LogP contribution in [0.15, 0.2) is 30.6 Å². The van der Waals surface area contributed by atoms with Gasteiger partial charge in [0, 0.05) is 12.1 Å². The first-order valence-electron chi connectivity index (χ1n) is 5.89. The van der Waals surface area contributed by atoms with Crippen molar-refractivity contribution in [2.24, 2.45) is 0 Å². The second-order valence-electron chi connectivity index (χ2n) is 4.19. The second-order valence-corrected chi connectivity index (χ2v) is 4.19. The lowest BCUT2D eigenvalue weighted by Gasteiger charge is -2.09. The number of rotatable bonds is 3. The molecule has 98 valence electrons. The zero-order valence-corrected chi connectivity index (χ0v) is 10.8. The van der Waals surface area contributed by atoms with Crippen LogP contribution in [0.4, 0.5) is 4.39 Å². The topological polar surface area (TPSA) is 54.9 Å². The first-order chi connectivity index (χ1) is 9.09. The Balaban J connectivity index is 2.13. The summed E-state index contributed by atoms with van der Waals surface area (Å²) in [5.74, 6) is -0.626. The number of benzene rings is 1. The van der Waals surface area contributed by atoms with E-state index in [2.05, 4.69) is 15.3 Å². The Bertz CT molecular complexity index is 593. The summed E-state index contributed by atoms with van der Waals surface area (Å²) in [5, 5.41) is 2.68. The molecule has 1 heterocycles. The normalized spacial score (nSPS) is 10.3. The second kappa shape index (κ2) is 5.56. The average molecular weight is 259 g/mol. The van der Waals surface area contributed by atoms with Crippen LogP contribution in [0.3, 0.4) is 0 Å². The van der Waals surface area contributed by atoms with E-state index in [1.165, 1.54) is 12.4 Å². The smallest absolute Gasteiger partial charge is 0.255 e. The monoisotopic (exact) mass is 259 g/mol. The number of halogens is 1. The van der Waals surface area contributed by atoms with Crippen LogP contribution in [0.2, 0.25) is 0 Å². The van der Waals surface area contributed by atoms with Gasteiger partial charge in [-0.15, -0.1) is 0 Å². The van der Waals surface area contributed by atoms with Crippen LogP contribution in [0.5, 0.6) is 0 Å². The van der Waals surface area contributed by atoms with Gasteiger partial charge in [0.2, 0.25) is 0 Å². The summed E-state index contributed by atoms with van der Waals surface area (Å²) in [7, 11) is 0. The molecule has 2 aromatic rings. The molecule has 0 aliphatic carbocycles. The third kappa shape index (κ3) is 2.93. The molecule has 0 saturated carbocycles.